The number of benzene rings is 2. The third-order valence-electron chi connectivity index (χ3n) is 6.15. The molecule has 1 fully saturated rings. The Balaban J connectivity index is 1.47. The molecule has 1 aliphatic rings. The first kappa shape index (κ1) is 24.1. The van der Waals surface area contributed by atoms with Crippen LogP contribution in [0, 0.1) is 6.92 Å². The van der Waals surface area contributed by atoms with Crippen molar-refractivity contribution in [2.75, 3.05) is 34.4 Å². The van der Waals surface area contributed by atoms with Crippen LogP contribution in [0.5, 0.6) is 17.2 Å². The monoisotopic (exact) mass is 478 g/mol. The summed E-state index contributed by atoms with van der Waals surface area (Å²) in [7, 11) is 4.66. The van der Waals surface area contributed by atoms with Gasteiger partial charge >= 0.3 is 0 Å². The summed E-state index contributed by atoms with van der Waals surface area (Å²) in [6.45, 7) is 2.86. The summed E-state index contributed by atoms with van der Waals surface area (Å²) in [5.41, 5.74) is 2.98. The lowest BCUT2D eigenvalue weighted by atomic mass is 10.1. The number of ether oxygens (including phenoxy) is 3. The molecule has 9 nitrogen and oxygen atoms in total. The summed E-state index contributed by atoms with van der Waals surface area (Å²) in [6, 6.07) is 13.3. The lowest BCUT2D eigenvalue weighted by Gasteiger charge is -2.28. The molecule has 35 heavy (non-hydrogen) atoms. The molecule has 1 aromatic heterocycles. The number of amides is 2. The zero-order chi connectivity index (χ0) is 24.9. The Morgan fingerprint density at radius 1 is 0.943 bits per heavy atom. The van der Waals surface area contributed by atoms with Gasteiger partial charge in [0.1, 0.15) is 0 Å². The first-order valence-corrected chi connectivity index (χ1v) is 11.5. The van der Waals surface area contributed by atoms with Gasteiger partial charge in [-0.25, -0.2) is 9.69 Å². The number of carbonyl (C=O) groups excluding carboxylic acids is 2. The zero-order valence-corrected chi connectivity index (χ0v) is 20.5. The Hall–Kier alpha value is -4.01. The maximum atomic E-state index is 13.4. The molecule has 0 unspecified atom stereocenters. The molecule has 1 saturated heterocycles. The van der Waals surface area contributed by atoms with Gasteiger partial charge in [0.25, 0.3) is 5.91 Å². The van der Waals surface area contributed by atoms with Gasteiger partial charge in [-0.15, -0.1) is 0 Å². The van der Waals surface area contributed by atoms with Crippen molar-refractivity contribution in [1.29, 1.82) is 0 Å². The highest BCUT2D eigenvalue weighted by Gasteiger charge is 2.32. The number of aryl methyl sites for hydroxylation is 1. The summed E-state index contributed by atoms with van der Waals surface area (Å²) in [5, 5.41) is 7.50. The average Bonchev–Trinajstić information content (AvgIpc) is 3.53. The van der Waals surface area contributed by atoms with E-state index < -0.39 is 0 Å². The van der Waals surface area contributed by atoms with E-state index in [1.807, 2.05) is 49.4 Å². The van der Waals surface area contributed by atoms with E-state index in [4.69, 9.17) is 14.2 Å². The van der Waals surface area contributed by atoms with E-state index in [1.165, 1.54) is 5.01 Å². The first-order valence-electron chi connectivity index (χ1n) is 11.5. The zero-order valence-electron chi connectivity index (χ0n) is 20.5. The van der Waals surface area contributed by atoms with Crippen LogP contribution in [0.1, 0.15) is 34.5 Å². The lowest BCUT2D eigenvalue weighted by Crippen LogP contribution is -2.45. The molecule has 9 heteroatoms. The Labute approximate surface area is 204 Å². The van der Waals surface area contributed by atoms with E-state index in [-0.39, 0.29) is 18.2 Å². The molecular formula is C26H30N4O5. The van der Waals surface area contributed by atoms with Gasteiger partial charge in [0.05, 0.1) is 44.5 Å². The molecule has 0 N–H and O–H groups in total. The predicted molar refractivity (Wildman–Crippen MR) is 130 cm³/mol. The molecule has 0 atom stereocenters. The highest BCUT2D eigenvalue weighted by Crippen LogP contribution is 2.38. The third-order valence-corrected chi connectivity index (χ3v) is 6.15. The maximum absolute atomic E-state index is 13.4. The summed E-state index contributed by atoms with van der Waals surface area (Å²) in [5.74, 6) is 1.25. The number of hydrogen-bond donors (Lipinski definition) is 0. The smallest absolute Gasteiger partial charge is 0.275 e. The fourth-order valence-corrected chi connectivity index (χ4v) is 4.33. The van der Waals surface area contributed by atoms with Crippen molar-refractivity contribution in [3.05, 3.63) is 65.5 Å². The largest absolute Gasteiger partial charge is 0.493 e. The van der Waals surface area contributed by atoms with Crippen molar-refractivity contribution in [1.82, 2.24) is 19.8 Å². The molecular weight excluding hydrogens is 448 g/mol. The first-order chi connectivity index (χ1) is 17.0. The lowest BCUT2D eigenvalue weighted by molar-refractivity contribution is -0.140. The SMILES string of the molecule is COc1cc(CCC(=O)N2CCCN2C(=O)c2cnn(-c3ccccc3)c2C)cc(OC)c1OC. The van der Waals surface area contributed by atoms with Gasteiger partial charge in [-0.1, -0.05) is 18.2 Å². The average molecular weight is 479 g/mol. The van der Waals surface area contributed by atoms with Crippen LogP contribution in [-0.4, -0.2) is 66.0 Å². The van der Waals surface area contributed by atoms with E-state index in [1.54, 1.807) is 37.2 Å². The predicted octanol–water partition coefficient (Wildman–Crippen LogP) is 3.43. The van der Waals surface area contributed by atoms with E-state index >= 15 is 0 Å². The van der Waals surface area contributed by atoms with Gasteiger partial charge in [0.2, 0.25) is 11.7 Å². The molecule has 2 aromatic carbocycles. The normalized spacial score (nSPS) is 13.1. The van der Waals surface area contributed by atoms with E-state index in [9.17, 15) is 9.59 Å². The topological polar surface area (TPSA) is 86.1 Å². The van der Waals surface area contributed by atoms with E-state index in [0.717, 1.165) is 23.4 Å². The third kappa shape index (κ3) is 4.80. The van der Waals surface area contributed by atoms with Crippen molar-refractivity contribution in [2.45, 2.75) is 26.2 Å². The standard InChI is InChI=1S/C26H30N4O5/c1-18-21(17-27-30(18)20-9-6-5-7-10-20)26(32)29-14-8-13-28(29)24(31)12-11-19-15-22(33-2)25(35-4)23(16-19)34-3/h5-7,9-10,15-17H,8,11-14H2,1-4H3. The number of nitrogens with zero attached hydrogens (tertiary/aromatic N) is 4. The molecule has 1 aliphatic heterocycles. The van der Waals surface area contributed by atoms with Crippen LogP contribution in [0.25, 0.3) is 5.69 Å². The number of carbonyl (C=O) groups is 2. The summed E-state index contributed by atoms with van der Waals surface area (Å²) in [6.07, 6.45) is 3.01. The van der Waals surface area contributed by atoms with Crippen LogP contribution < -0.4 is 14.2 Å². The molecule has 2 heterocycles. The fourth-order valence-electron chi connectivity index (χ4n) is 4.33. The van der Waals surface area contributed by atoms with Gasteiger partial charge in [0, 0.05) is 19.5 Å². The van der Waals surface area contributed by atoms with Crippen molar-refractivity contribution in [3.8, 4) is 22.9 Å². The van der Waals surface area contributed by atoms with Crippen LogP contribution in [0.2, 0.25) is 0 Å². The number of hydrogen-bond acceptors (Lipinski definition) is 6. The maximum Gasteiger partial charge on any atom is 0.275 e. The van der Waals surface area contributed by atoms with E-state index in [2.05, 4.69) is 5.10 Å². The Bertz CT molecular complexity index is 1180. The minimum absolute atomic E-state index is 0.113. The summed E-state index contributed by atoms with van der Waals surface area (Å²) < 4.78 is 17.9. The molecule has 0 bridgehead atoms. The van der Waals surface area contributed by atoms with Gasteiger partial charge in [0.15, 0.2) is 11.5 Å². The number of para-hydroxylation sites is 1. The molecule has 3 aromatic rings. The second kappa shape index (κ2) is 10.5. The van der Waals surface area contributed by atoms with Crippen LogP contribution in [-0.2, 0) is 11.2 Å². The minimum atomic E-state index is -0.219. The Morgan fingerprint density at radius 3 is 2.23 bits per heavy atom. The quantitative estimate of drug-likeness (QED) is 0.493. The second-order valence-electron chi connectivity index (χ2n) is 8.22. The molecule has 2 amide bonds. The number of aromatic nitrogens is 2. The highest BCUT2D eigenvalue weighted by atomic mass is 16.5. The van der Waals surface area contributed by atoms with Crippen molar-refractivity contribution >= 4 is 11.8 Å². The van der Waals surface area contributed by atoms with Gasteiger partial charge < -0.3 is 14.2 Å². The number of rotatable bonds is 8. The van der Waals surface area contributed by atoms with Crippen LogP contribution in [0.4, 0.5) is 0 Å². The minimum Gasteiger partial charge on any atom is -0.493 e. The second-order valence-corrected chi connectivity index (χ2v) is 8.22. The van der Waals surface area contributed by atoms with Crippen molar-refractivity contribution < 1.29 is 23.8 Å². The van der Waals surface area contributed by atoms with Crippen molar-refractivity contribution in [2.24, 2.45) is 0 Å². The van der Waals surface area contributed by atoms with E-state index in [0.29, 0.717) is 42.3 Å². The molecule has 0 spiro atoms. The molecule has 4 rings (SSSR count). The van der Waals surface area contributed by atoms with Gasteiger partial charge in [-0.2, -0.15) is 5.10 Å². The molecule has 0 saturated carbocycles. The highest BCUT2D eigenvalue weighted by molar-refractivity contribution is 5.96. The van der Waals surface area contributed by atoms with Gasteiger partial charge in [-0.05, 0) is 49.6 Å². The summed E-state index contributed by atoms with van der Waals surface area (Å²) >= 11 is 0. The summed E-state index contributed by atoms with van der Waals surface area (Å²) in [4.78, 5) is 26.5. The Kier molecular flexibility index (Phi) is 7.24. The van der Waals surface area contributed by atoms with Gasteiger partial charge in [-0.3, -0.25) is 14.6 Å². The number of methoxy groups -OCH3 is 3. The van der Waals surface area contributed by atoms with Crippen LogP contribution >= 0.6 is 0 Å². The fraction of sp³-hybridized carbons (Fsp3) is 0.346. The van der Waals surface area contributed by atoms with Crippen molar-refractivity contribution in [3.63, 3.8) is 0 Å². The molecule has 184 valence electrons. The Morgan fingerprint density at radius 2 is 1.60 bits per heavy atom. The van der Waals surface area contributed by atoms with Crippen LogP contribution in [0.15, 0.2) is 48.7 Å². The molecule has 0 radical (unpaired) electrons. The molecule has 0 aliphatic carbocycles. The number of hydrazine groups is 1. The van der Waals surface area contributed by atoms with Crippen LogP contribution in [0.3, 0.4) is 0 Å².